The Labute approximate surface area is 237 Å². The molecular weight excluding hydrogens is 502 g/mol. The van der Waals surface area contributed by atoms with E-state index in [4.69, 9.17) is 14.9 Å². The summed E-state index contributed by atoms with van der Waals surface area (Å²) in [6, 6.07) is -0.149. The minimum absolute atomic E-state index is 0.0552. The van der Waals surface area contributed by atoms with Gasteiger partial charge in [0.2, 0.25) is 0 Å². The van der Waals surface area contributed by atoms with Gasteiger partial charge in [-0.3, -0.25) is 14.5 Å². The summed E-state index contributed by atoms with van der Waals surface area (Å²) in [5.41, 5.74) is 4.14. The van der Waals surface area contributed by atoms with Gasteiger partial charge < -0.3 is 9.94 Å². The summed E-state index contributed by atoms with van der Waals surface area (Å²) < 4.78 is 0. The van der Waals surface area contributed by atoms with Crippen molar-refractivity contribution < 1.29 is 19.5 Å². The van der Waals surface area contributed by atoms with Gasteiger partial charge in [0.1, 0.15) is 11.4 Å². The van der Waals surface area contributed by atoms with E-state index >= 15 is 0 Å². The van der Waals surface area contributed by atoms with Gasteiger partial charge >= 0.3 is 5.97 Å². The van der Waals surface area contributed by atoms with Crippen molar-refractivity contribution in [1.29, 1.82) is 0 Å². The lowest BCUT2D eigenvalue weighted by atomic mass is 9.88. The Kier molecular flexibility index (Phi) is 9.91. The molecule has 0 aromatic rings. The second kappa shape index (κ2) is 13.6. The Morgan fingerprint density at radius 3 is 2.83 bits per heavy atom. The van der Waals surface area contributed by atoms with Crippen LogP contribution in [0.3, 0.4) is 0 Å². The number of hydrogen-bond acceptors (Lipinski definition) is 5. The Morgan fingerprint density at radius 2 is 2.10 bits per heavy atom. The Balaban J connectivity index is 1.60. The molecule has 0 saturated carbocycles. The van der Waals surface area contributed by atoms with E-state index in [1.54, 1.807) is 0 Å². The molecule has 2 unspecified atom stereocenters. The van der Waals surface area contributed by atoms with Gasteiger partial charge in [-0.25, -0.2) is 4.99 Å². The number of aliphatic carboxylic acids is 1. The fourth-order valence-electron chi connectivity index (χ4n) is 5.46. The van der Waals surface area contributed by atoms with E-state index in [2.05, 4.69) is 37.2 Å². The predicted molar refractivity (Wildman–Crippen MR) is 160 cm³/mol. The maximum absolute atomic E-state index is 14.0. The summed E-state index contributed by atoms with van der Waals surface area (Å²) in [5, 5.41) is 13.6. The van der Waals surface area contributed by atoms with Crippen molar-refractivity contribution in [1.82, 2.24) is 4.90 Å². The van der Waals surface area contributed by atoms with Gasteiger partial charge in [-0.15, -0.1) is 0 Å². The molecule has 1 N–H and O–H groups in total. The molecule has 0 aromatic heterocycles. The van der Waals surface area contributed by atoms with Crippen LogP contribution in [0.4, 0.5) is 0 Å². The molecule has 0 radical (unpaired) electrons. The average Bonchev–Trinajstić information content (AvgIpc) is 3.11. The second-order valence-corrected chi connectivity index (χ2v) is 11.0. The Morgan fingerprint density at radius 1 is 1.25 bits per heavy atom. The van der Waals surface area contributed by atoms with Crippen molar-refractivity contribution >= 4 is 23.4 Å². The van der Waals surface area contributed by atoms with E-state index in [-0.39, 0.29) is 18.4 Å². The van der Waals surface area contributed by atoms with Crippen molar-refractivity contribution in [2.24, 2.45) is 10.1 Å². The summed E-state index contributed by atoms with van der Waals surface area (Å²) in [5.74, 6) is -0.178. The van der Waals surface area contributed by atoms with Crippen LogP contribution in [-0.4, -0.2) is 45.1 Å². The number of oxime groups is 1. The van der Waals surface area contributed by atoms with Crippen molar-refractivity contribution in [3.63, 3.8) is 0 Å². The maximum Gasteiger partial charge on any atom is 0.303 e. The number of amidine groups is 1. The molecule has 0 spiro atoms. The molecule has 2 atom stereocenters. The molecule has 0 saturated heterocycles. The quantitative estimate of drug-likeness (QED) is 0.209. The highest BCUT2D eigenvalue weighted by Gasteiger charge is 2.37. The largest absolute Gasteiger partial charge is 0.481 e. The first kappa shape index (κ1) is 29.2. The summed E-state index contributed by atoms with van der Waals surface area (Å²) >= 11 is 0. The van der Waals surface area contributed by atoms with Gasteiger partial charge in [0.05, 0.1) is 11.8 Å². The third-order valence-electron chi connectivity index (χ3n) is 7.53. The molecule has 4 rings (SSSR count). The Hall–Kier alpha value is -3.74. The highest BCUT2D eigenvalue weighted by atomic mass is 16.7. The van der Waals surface area contributed by atoms with Gasteiger partial charge in [0.25, 0.3) is 5.91 Å². The number of hydrogen-bond donors (Lipinski definition) is 1. The van der Waals surface area contributed by atoms with Gasteiger partial charge in [0.15, 0.2) is 0 Å². The number of nitrogens with zero attached hydrogens (tertiary/aromatic N) is 3. The van der Waals surface area contributed by atoms with Crippen LogP contribution in [0.5, 0.6) is 0 Å². The van der Waals surface area contributed by atoms with Crippen LogP contribution in [0.15, 0.2) is 93.3 Å². The van der Waals surface area contributed by atoms with Crippen LogP contribution < -0.4 is 0 Å². The monoisotopic (exact) mass is 543 g/mol. The molecule has 2 aliphatic heterocycles. The van der Waals surface area contributed by atoms with Crippen LogP contribution in [0, 0.1) is 0 Å². The lowest BCUT2D eigenvalue weighted by Gasteiger charge is -2.30. The van der Waals surface area contributed by atoms with Crippen molar-refractivity contribution in [3.8, 4) is 0 Å². The summed E-state index contributed by atoms with van der Waals surface area (Å²) in [7, 11) is 0. The number of carbonyl (C=O) groups excluding carboxylic acids is 1. The SMILES string of the molecule is CC=CC=CC(CC)N1C(=O)C2=CC=C(C3=NOC(C)(CC4=CCCC=C4)C3)C=C(C2)N=C1CCCCC(=O)O. The van der Waals surface area contributed by atoms with E-state index in [9.17, 15) is 9.59 Å². The van der Waals surface area contributed by atoms with Crippen molar-refractivity contribution in [2.45, 2.75) is 96.6 Å². The zero-order valence-corrected chi connectivity index (χ0v) is 23.9. The van der Waals surface area contributed by atoms with Crippen molar-refractivity contribution in [2.75, 3.05) is 0 Å². The minimum Gasteiger partial charge on any atom is -0.481 e. The van der Waals surface area contributed by atoms with E-state index in [1.807, 2.05) is 54.4 Å². The number of carbonyl (C=O) groups is 2. The first-order valence-corrected chi connectivity index (χ1v) is 14.5. The second-order valence-electron chi connectivity index (χ2n) is 11.0. The zero-order chi connectivity index (χ0) is 28.5. The fraction of sp³-hybridized carbons (Fsp3) is 0.455. The molecule has 212 valence electrons. The number of fused-ring (bicyclic) bond motifs is 2. The van der Waals surface area contributed by atoms with Crippen LogP contribution in [0.1, 0.15) is 85.0 Å². The summed E-state index contributed by atoms with van der Waals surface area (Å²) in [6.45, 7) is 6.11. The third-order valence-corrected chi connectivity index (χ3v) is 7.53. The minimum atomic E-state index is -0.811. The summed E-state index contributed by atoms with van der Waals surface area (Å²) in [4.78, 5) is 37.8. The first-order chi connectivity index (χ1) is 19.3. The van der Waals surface area contributed by atoms with Crippen LogP contribution in [0.25, 0.3) is 0 Å². The molecule has 40 heavy (non-hydrogen) atoms. The molecular formula is C33H41N3O4. The smallest absolute Gasteiger partial charge is 0.303 e. The first-order valence-electron chi connectivity index (χ1n) is 14.5. The van der Waals surface area contributed by atoms with Crippen LogP contribution in [-0.2, 0) is 14.4 Å². The molecule has 1 amide bonds. The molecule has 7 nitrogen and oxygen atoms in total. The highest BCUT2D eigenvalue weighted by molar-refractivity contribution is 6.09. The summed E-state index contributed by atoms with van der Waals surface area (Å²) in [6.07, 6.45) is 27.1. The average molecular weight is 544 g/mol. The molecule has 0 aromatic carbocycles. The van der Waals surface area contributed by atoms with E-state index in [1.165, 1.54) is 5.57 Å². The molecule has 2 heterocycles. The highest BCUT2D eigenvalue weighted by Crippen LogP contribution is 2.36. The third kappa shape index (κ3) is 7.46. The number of rotatable bonds is 12. The lowest BCUT2D eigenvalue weighted by Crippen LogP contribution is -2.43. The fourth-order valence-corrected chi connectivity index (χ4v) is 5.46. The van der Waals surface area contributed by atoms with Crippen LogP contribution in [0.2, 0.25) is 0 Å². The number of unbranched alkanes of at least 4 members (excludes halogenated alkanes) is 1. The molecule has 4 aliphatic rings. The molecule has 7 heteroatoms. The maximum atomic E-state index is 14.0. The van der Waals surface area contributed by atoms with Crippen molar-refractivity contribution in [3.05, 3.63) is 83.2 Å². The molecule has 2 bridgehead atoms. The normalized spacial score (nSPS) is 23.6. The van der Waals surface area contributed by atoms with Gasteiger partial charge in [-0.1, -0.05) is 66.8 Å². The van der Waals surface area contributed by atoms with Crippen LogP contribution >= 0.6 is 0 Å². The van der Waals surface area contributed by atoms with E-state index in [0.29, 0.717) is 43.5 Å². The topological polar surface area (TPSA) is 91.6 Å². The van der Waals surface area contributed by atoms with E-state index < -0.39 is 11.6 Å². The Bertz CT molecular complexity index is 1270. The number of amides is 1. The number of carboxylic acids is 1. The van der Waals surface area contributed by atoms with Gasteiger partial charge in [-0.2, -0.15) is 0 Å². The number of carboxylic acid groups (broad SMARTS) is 1. The predicted octanol–water partition coefficient (Wildman–Crippen LogP) is 7.12. The molecule has 0 fully saturated rings. The van der Waals surface area contributed by atoms with E-state index in [0.717, 1.165) is 42.7 Å². The zero-order valence-electron chi connectivity index (χ0n) is 23.9. The number of aliphatic imine (C=N–C) groups is 1. The van der Waals surface area contributed by atoms with Gasteiger partial charge in [0, 0.05) is 48.9 Å². The van der Waals surface area contributed by atoms with Gasteiger partial charge in [-0.05, 0) is 57.6 Å². The lowest BCUT2D eigenvalue weighted by molar-refractivity contribution is -0.137. The molecule has 2 aliphatic carbocycles. The standard InChI is InChI=1S/C33H41N3O4/c1-4-6-8-15-28(5-2)36-30(16-11-12-17-31(37)38)34-27-20-25(18-19-26(21-27)32(36)39)29-23-33(3,40-35-29)22-24-13-9-7-10-14-24/h4,6,8-9,13-15,18-20,28H,5,7,10-12,16-17,21-23H2,1-3H3,(H,37,38). The number of allylic oxidation sites excluding steroid dienone is 11.